The number of nitrogens with zero attached hydrogens (tertiary/aromatic N) is 2. The topological polar surface area (TPSA) is 102 Å². The van der Waals surface area contributed by atoms with Gasteiger partial charge in [-0.25, -0.2) is 4.99 Å². The third-order valence-electron chi connectivity index (χ3n) is 4.66. The molecule has 0 aliphatic carbocycles. The van der Waals surface area contributed by atoms with Crippen LogP contribution in [-0.4, -0.2) is 23.3 Å². The molecular formula is C20H19N3O4. The van der Waals surface area contributed by atoms with E-state index in [4.69, 9.17) is 0 Å². The van der Waals surface area contributed by atoms with Crippen molar-refractivity contribution in [3.8, 4) is 0 Å². The molecule has 0 fully saturated rings. The van der Waals surface area contributed by atoms with Gasteiger partial charge in [0.15, 0.2) is 0 Å². The van der Waals surface area contributed by atoms with Gasteiger partial charge in [-0.2, -0.15) is 0 Å². The zero-order valence-electron chi connectivity index (χ0n) is 15.1. The molecule has 7 nitrogen and oxygen atoms in total. The van der Waals surface area contributed by atoms with E-state index in [-0.39, 0.29) is 23.7 Å². The Morgan fingerprint density at radius 1 is 1.22 bits per heavy atom. The van der Waals surface area contributed by atoms with Crippen molar-refractivity contribution in [2.75, 3.05) is 6.54 Å². The molecule has 1 atom stereocenters. The van der Waals surface area contributed by atoms with Crippen LogP contribution in [0.25, 0.3) is 6.08 Å². The van der Waals surface area contributed by atoms with E-state index in [1.54, 1.807) is 6.07 Å². The van der Waals surface area contributed by atoms with E-state index in [9.17, 15) is 19.7 Å². The normalized spacial score (nSPS) is 15.3. The minimum atomic E-state index is -0.590. The molecule has 0 aromatic heterocycles. The molecule has 2 aromatic carbocycles. The van der Waals surface area contributed by atoms with Crippen LogP contribution >= 0.6 is 0 Å². The molecule has 1 aliphatic rings. The number of carbonyl (C=O) groups excluding carboxylic acids is 2. The lowest BCUT2D eigenvalue weighted by atomic mass is 9.98. The molecular weight excluding hydrogens is 346 g/mol. The smallest absolute Gasteiger partial charge is 0.282 e. The van der Waals surface area contributed by atoms with Crippen molar-refractivity contribution < 1.29 is 14.5 Å². The minimum Gasteiger partial charge on any atom is -0.352 e. The molecule has 138 valence electrons. The minimum absolute atomic E-state index is 0.00239. The summed E-state index contributed by atoms with van der Waals surface area (Å²) in [6.45, 7) is 4.19. The third-order valence-corrected chi connectivity index (χ3v) is 4.66. The Balaban J connectivity index is 1.70. The van der Waals surface area contributed by atoms with Gasteiger partial charge in [0, 0.05) is 12.6 Å². The van der Waals surface area contributed by atoms with Crippen LogP contribution in [0.1, 0.15) is 27.9 Å². The van der Waals surface area contributed by atoms with Crippen LogP contribution in [0, 0.1) is 29.9 Å². The van der Waals surface area contributed by atoms with Gasteiger partial charge in [-0.05, 0) is 54.8 Å². The summed E-state index contributed by atoms with van der Waals surface area (Å²) in [4.78, 5) is 39.1. The lowest BCUT2D eigenvalue weighted by Crippen LogP contribution is -2.36. The van der Waals surface area contributed by atoms with Gasteiger partial charge in [-0.1, -0.05) is 18.2 Å². The van der Waals surface area contributed by atoms with Crippen LogP contribution in [-0.2, 0) is 4.79 Å². The molecule has 0 saturated heterocycles. The Labute approximate surface area is 155 Å². The highest BCUT2D eigenvalue weighted by molar-refractivity contribution is 5.98. The zero-order valence-corrected chi connectivity index (χ0v) is 15.1. The predicted molar refractivity (Wildman–Crippen MR) is 99.7 cm³/mol. The summed E-state index contributed by atoms with van der Waals surface area (Å²) in [5, 5.41) is 15.3. The van der Waals surface area contributed by atoms with Crippen LogP contribution in [0.4, 0.5) is 5.69 Å². The van der Waals surface area contributed by atoms with Gasteiger partial charge in [0.1, 0.15) is 5.56 Å². The first-order valence-electron chi connectivity index (χ1n) is 8.60. The molecule has 2 aromatic rings. The Hall–Kier alpha value is -3.35. The van der Waals surface area contributed by atoms with Gasteiger partial charge in [0.05, 0.1) is 16.2 Å². The maximum atomic E-state index is 12.2. The largest absolute Gasteiger partial charge is 0.352 e. The number of fused-ring (bicyclic) bond motifs is 1. The first-order chi connectivity index (χ1) is 12.9. The van der Waals surface area contributed by atoms with Gasteiger partial charge < -0.3 is 5.32 Å². The van der Waals surface area contributed by atoms with Crippen LogP contribution in [0.2, 0.25) is 0 Å². The SMILES string of the molecule is Cc1cc2c(cc1C)=NC(=O)C(CCNC(=O)c1ccccc1[N+](=O)[O-])C=2. The molecule has 1 aliphatic heterocycles. The molecule has 1 unspecified atom stereocenters. The number of carbonyl (C=O) groups is 2. The quantitative estimate of drug-likeness (QED) is 0.642. The second-order valence-corrected chi connectivity index (χ2v) is 6.54. The molecule has 1 heterocycles. The lowest BCUT2D eigenvalue weighted by Gasteiger charge is -2.13. The summed E-state index contributed by atoms with van der Waals surface area (Å²) in [7, 11) is 0. The number of nitrogens with one attached hydrogen (secondary N) is 1. The van der Waals surface area contributed by atoms with E-state index in [1.165, 1.54) is 18.2 Å². The number of aryl methyl sites for hydroxylation is 2. The van der Waals surface area contributed by atoms with E-state index < -0.39 is 16.7 Å². The van der Waals surface area contributed by atoms with Crippen molar-refractivity contribution >= 4 is 23.6 Å². The Bertz CT molecular complexity index is 1060. The summed E-state index contributed by atoms with van der Waals surface area (Å²) >= 11 is 0. The molecule has 0 bridgehead atoms. The van der Waals surface area contributed by atoms with Crippen molar-refractivity contribution in [3.05, 3.63) is 73.8 Å². The van der Waals surface area contributed by atoms with Gasteiger partial charge >= 0.3 is 0 Å². The van der Waals surface area contributed by atoms with Gasteiger partial charge in [-0.3, -0.25) is 19.7 Å². The van der Waals surface area contributed by atoms with Crippen LogP contribution in [0.5, 0.6) is 0 Å². The van der Waals surface area contributed by atoms with Gasteiger partial charge in [-0.15, -0.1) is 0 Å². The Morgan fingerprint density at radius 2 is 1.93 bits per heavy atom. The van der Waals surface area contributed by atoms with Crippen LogP contribution in [0.15, 0.2) is 41.4 Å². The highest BCUT2D eigenvalue weighted by Gasteiger charge is 2.21. The fraction of sp³-hybridized carbons (Fsp3) is 0.250. The van der Waals surface area contributed by atoms with E-state index in [2.05, 4.69) is 10.3 Å². The van der Waals surface area contributed by atoms with Gasteiger partial charge in [0.25, 0.3) is 17.5 Å². The second-order valence-electron chi connectivity index (χ2n) is 6.54. The molecule has 2 amide bonds. The fourth-order valence-electron chi connectivity index (χ4n) is 3.01. The number of nitro groups is 1. The van der Waals surface area contributed by atoms with Crippen molar-refractivity contribution in [3.63, 3.8) is 0 Å². The number of rotatable bonds is 5. The van der Waals surface area contributed by atoms with Crippen molar-refractivity contribution in [1.29, 1.82) is 0 Å². The number of para-hydroxylation sites is 1. The monoisotopic (exact) mass is 365 g/mol. The molecule has 1 N–H and O–H groups in total. The Kier molecular flexibility index (Phi) is 5.12. The third kappa shape index (κ3) is 3.92. The molecule has 0 saturated carbocycles. The molecule has 27 heavy (non-hydrogen) atoms. The number of nitro benzene ring substituents is 1. The van der Waals surface area contributed by atoms with Crippen molar-refractivity contribution in [2.45, 2.75) is 20.3 Å². The fourth-order valence-corrected chi connectivity index (χ4v) is 3.01. The summed E-state index contributed by atoms with van der Waals surface area (Å²) in [6.07, 6.45) is 2.25. The molecule has 3 rings (SSSR count). The Morgan fingerprint density at radius 3 is 2.67 bits per heavy atom. The first kappa shape index (κ1) is 18.4. The zero-order chi connectivity index (χ0) is 19.6. The number of hydrogen-bond acceptors (Lipinski definition) is 4. The average Bonchev–Trinajstić information content (AvgIpc) is 2.63. The van der Waals surface area contributed by atoms with Gasteiger partial charge in [0.2, 0.25) is 0 Å². The highest BCUT2D eigenvalue weighted by atomic mass is 16.6. The van der Waals surface area contributed by atoms with E-state index in [1.807, 2.05) is 32.1 Å². The standard InChI is InChI=1S/C20H19N3O4/c1-12-9-15-11-14(19(24)22-17(15)10-13(12)2)7-8-21-20(25)16-5-3-4-6-18(16)23(26)27/h3-6,9-11,14H,7-8H2,1-2H3,(H,21,25). The number of hydrogen-bond donors (Lipinski definition) is 1. The number of benzene rings is 2. The maximum Gasteiger partial charge on any atom is 0.282 e. The average molecular weight is 365 g/mol. The molecule has 7 heteroatoms. The second kappa shape index (κ2) is 7.49. The molecule has 0 radical (unpaired) electrons. The predicted octanol–water partition coefficient (Wildman–Crippen LogP) is 1.59. The van der Waals surface area contributed by atoms with Crippen molar-refractivity contribution in [2.24, 2.45) is 10.9 Å². The van der Waals surface area contributed by atoms with E-state index in [0.717, 1.165) is 16.3 Å². The summed E-state index contributed by atoms with van der Waals surface area (Å²) in [5.41, 5.74) is 1.96. The highest BCUT2D eigenvalue weighted by Crippen LogP contribution is 2.17. The van der Waals surface area contributed by atoms with Crippen molar-refractivity contribution in [1.82, 2.24) is 5.32 Å². The van der Waals surface area contributed by atoms with Crippen LogP contribution in [0.3, 0.4) is 0 Å². The van der Waals surface area contributed by atoms with E-state index in [0.29, 0.717) is 11.8 Å². The first-order valence-corrected chi connectivity index (χ1v) is 8.60. The van der Waals surface area contributed by atoms with Crippen LogP contribution < -0.4 is 15.9 Å². The summed E-state index contributed by atoms with van der Waals surface area (Å²) < 4.78 is 0. The van der Waals surface area contributed by atoms with E-state index >= 15 is 0 Å². The summed E-state index contributed by atoms with van der Waals surface area (Å²) in [6, 6.07) is 9.66. The maximum absolute atomic E-state index is 12.2. The summed E-state index contributed by atoms with van der Waals surface area (Å²) in [5.74, 6) is -1.20. The lowest BCUT2D eigenvalue weighted by molar-refractivity contribution is -0.385. The molecule has 0 spiro atoms. The number of amides is 2.